The lowest BCUT2D eigenvalue weighted by Crippen LogP contribution is -2.59. The van der Waals surface area contributed by atoms with Gasteiger partial charge in [0.15, 0.2) is 5.72 Å². The van der Waals surface area contributed by atoms with Gasteiger partial charge in [0.25, 0.3) is 0 Å². The number of hydrogen-bond donors (Lipinski definition) is 0. The van der Waals surface area contributed by atoms with Crippen molar-refractivity contribution in [1.82, 2.24) is 4.90 Å². The number of rotatable bonds is 1. The molecule has 5 atom stereocenters. The first kappa shape index (κ1) is 15.9. The number of benzene rings is 1. The van der Waals surface area contributed by atoms with Crippen LogP contribution in [-0.4, -0.2) is 23.5 Å². The van der Waals surface area contributed by atoms with E-state index in [1.807, 2.05) is 0 Å². The van der Waals surface area contributed by atoms with Crippen molar-refractivity contribution in [3.05, 3.63) is 35.4 Å². The number of carbonyl (C=O) groups excluding carboxylic acids is 1. The van der Waals surface area contributed by atoms with Crippen molar-refractivity contribution in [3.8, 4) is 0 Å². The van der Waals surface area contributed by atoms with Gasteiger partial charge in [-0.3, -0.25) is 4.79 Å². The van der Waals surface area contributed by atoms with Crippen molar-refractivity contribution in [2.75, 3.05) is 6.54 Å². The van der Waals surface area contributed by atoms with Crippen molar-refractivity contribution in [2.24, 2.45) is 17.8 Å². The van der Waals surface area contributed by atoms with E-state index in [1.165, 1.54) is 43.2 Å². The number of amides is 1. The molecular formula is C22H29NO2. The van der Waals surface area contributed by atoms with Crippen molar-refractivity contribution in [3.63, 3.8) is 0 Å². The zero-order chi connectivity index (χ0) is 17.0. The Balaban J connectivity index is 1.63. The molecule has 1 amide bonds. The largest absolute Gasteiger partial charge is 0.347 e. The molecule has 5 rings (SSSR count). The number of fused-ring (bicyclic) bond motifs is 4. The van der Waals surface area contributed by atoms with Crippen LogP contribution in [0.1, 0.15) is 62.5 Å². The molecule has 0 N–H and O–H groups in total. The Morgan fingerprint density at radius 3 is 2.56 bits per heavy atom. The molecule has 134 valence electrons. The monoisotopic (exact) mass is 339 g/mol. The Labute approximate surface area is 150 Å². The first-order valence-corrected chi connectivity index (χ1v) is 10.3. The summed E-state index contributed by atoms with van der Waals surface area (Å²) in [4.78, 5) is 15.5. The number of aryl methyl sites for hydroxylation is 1. The third-order valence-corrected chi connectivity index (χ3v) is 7.31. The Morgan fingerprint density at radius 2 is 1.72 bits per heavy atom. The van der Waals surface area contributed by atoms with E-state index >= 15 is 0 Å². The Bertz CT molecular complexity index is 669. The van der Waals surface area contributed by atoms with E-state index in [-0.39, 0.29) is 5.92 Å². The van der Waals surface area contributed by atoms with Crippen LogP contribution < -0.4 is 0 Å². The van der Waals surface area contributed by atoms with Crippen LogP contribution in [0.4, 0.5) is 0 Å². The molecule has 1 aromatic carbocycles. The van der Waals surface area contributed by atoms with Gasteiger partial charge in [-0.1, -0.05) is 55.5 Å². The fraction of sp³-hybridized carbons (Fsp3) is 0.682. The van der Waals surface area contributed by atoms with Gasteiger partial charge in [-0.25, -0.2) is 0 Å². The molecule has 0 unspecified atom stereocenters. The van der Waals surface area contributed by atoms with Gasteiger partial charge in [-0.2, -0.15) is 0 Å². The molecule has 3 heteroatoms. The standard InChI is InChI=1S/C22H29NO2/c1-15-10-12-17(13-11-15)22-19-8-4-3-7-18(19)21(24)23(22)14-16-6-2-5-9-20(16)25-22/h10-13,16,18-20H,2-9,14H2,1H3/t16-,18+,19-,20+,22-/m0/s1. The van der Waals surface area contributed by atoms with Crippen molar-refractivity contribution < 1.29 is 9.53 Å². The predicted molar refractivity (Wildman–Crippen MR) is 96.8 cm³/mol. The molecule has 2 heterocycles. The minimum atomic E-state index is -0.492. The van der Waals surface area contributed by atoms with Gasteiger partial charge in [0.05, 0.1) is 6.10 Å². The number of nitrogens with zero attached hydrogens (tertiary/aromatic N) is 1. The van der Waals surface area contributed by atoms with E-state index < -0.39 is 5.72 Å². The molecular weight excluding hydrogens is 310 g/mol. The average molecular weight is 339 g/mol. The molecule has 1 aromatic rings. The van der Waals surface area contributed by atoms with Crippen molar-refractivity contribution >= 4 is 5.91 Å². The summed E-state index contributed by atoms with van der Waals surface area (Å²) in [7, 11) is 0. The lowest BCUT2D eigenvalue weighted by atomic mass is 9.73. The first-order valence-electron chi connectivity index (χ1n) is 10.3. The van der Waals surface area contributed by atoms with Gasteiger partial charge in [0, 0.05) is 29.9 Å². The topological polar surface area (TPSA) is 29.5 Å². The molecule has 2 aliphatic heterocycles. The summed E-state index contributed by atoms with van der Waals surface area (Å²) < 4.78 is 6.97. The van der Waals surface area contributed by atoms with Crippen LogP contribution in [0.25, 0.3) is 0 Å². The maximum atomic E-state index is 13.3. The second-order valence-electron chi connectivity index (χ2n) is 8.71. The van der Waals surface area contributed by atoms with Crippen molar-refractivity contribution in [1.29, 1.82) is 0 Å². The highest BCUT2D eigenvalue weighted by atomic mass is 16.5. The highest BCUT2D eigenvalue weighted by molar-refractivity contribution is 5.83. The van der Waals surface area contributed by atoms with Gasteiger partial charge >= 0.3 is 0 Å². The summed E-state index contributed by atoms with van der Waals surface area (Å²) in [5, 5.41) is 0. The minimum absolute atomic E-state index is 0.176. The van der Waals surface area contributed by atoms with E-state index in [1.54, 1.807) is 0 Å². The van der Waals surface area contributed by atoms with Crippen molar-refractivity contribution in [2.45, 2.75) is 70.1 Å². The molecule has 0 aromatic heterocycles. The number of hydrogen-bond acceptors (Lipinski definition) is 2. The molecule has 0 spiro atoms. The van der Waals surface area contributed by atoms with Crippen LogP contribution in [0.3, 0.4) is 0 Å². The van der Waals surface area contributed by atoms with Crippen LogP contribution in [0, 0.1) is 24.7 Å². The zero-order valence-electron chi connectivity index (χ0n) is 15.2. The molecule has 3 nitrogen and oxygen atoms in total. The van der Waals surface area contributed by atoms with Crippen LogP contribution in [-0.2, 0) is 15.3 Å². The van der Waals surface area contributed by atoms with Crippen LogP contribution >= 0.6 is 0 Å². The first-order chi connectivity index (χ1) is 12.2. The van der Waals surface area contributed by atoms with Gasteiger partial charge < -0.3 is 9.64 Å². The van der Waals surface area contributed by atoms with E-state index in [0.29, 0.717) is 23.8 Å². The normalized spacial score (nSPS) is 40.4. The highest BCUT2D eigenvalue weighted by Crippen LogP contribution is 2.57. The second-order valence-corrected chi connectivity index (χ2v) is 8.71. The summed E-state index contributed by atoms with van der Waals surface area (Å²) in [6.45, 7) is 3.03. The van der Waals surface area contributed by atoms with Gasteiger partial charge in [0.2, 0.25) is 5.91 Å². The quantitative estimate of drug-likeness (QED) is 0.759. The molecule has 0 radical (unpaired) electrons. The summed E-state index contributed by atoms with van der Waals surface area (Å²) in [6, 6.07) is 8.80. The lowest BCUT2D eigenvalue weighted by molar-refractivity contribution is -0.256. The molecule has 4 fully saturated rings. The van der Waals surface area contributed by atoms with Crippen LogP contribution in [0.2, 0.25) is 0 Å². The maximum Gasteiger partial charge on any atom is 0.228 e. The third-order valence-electron chi connectivity index (χ3n) is 7.31. The molecule has 2 aliphatic carbocycles. The van der Waals surface area contributed by atoms with E-state index in [0.717, 1.165) is 25.8 Å². The number of carbonyl (C=O) groups is 1. The summed E-state index contributed by atoms with van der Waals surface area (Å²) >= 11 is 0. The van der Waals surface area contributed by atoms with Gasteiger partial charge in [0.1, 0.15) is 0 Å². The predicted octanol–water partition coefficient (Wildman–Crippen LogP) is 4.39. The molecule has 2 saturated heterocycles. The Hall–Kier alpha value is -1.35. The molecule has 2 saturated carbocycles. The fourth-order valence-corrected chi connectivity index (χ4v) is 6.07. The SMILES string of the molecule is Cc1ccc([C@@]23O[C@@H]4CCCC[C@H]4CN2C(=O)[C@@H]2CCCC[C@@H]23)cc1. The van der Waals surface area contributed by atoms with E-state index in [9.17, 15) is 4.79 Å². The second kappa shape index (κ2) is 5.84. The van der Waals surface area contributed by atoms with Gasteiger partial charge in [-0.05, 0) is 32.6 Å². The average Bonchev–Trinajstić information content (AvgIpc) is 2.90. The lowest BCUT2D eigenvalue weighted by Gasteiger charge is -2.53. The zero-order valence-corrected chi connectivity index (χ0v) is 15.2. The Morgan fingerprint density at radius 1 is 1.00 bits per heavy atom. The third kappa shape index (κ3) is 2.24. The van der Waals surface area contributed by atoms with Crippen LogP contribution in [0.5, 0.6) is 0 Å². The minimum Gasteiger partial charge on any atom is -0.347 e. The molecule has 4 aliphatic rings. The van der Waals surface area contributed by atoms with Crippen LogP contribution in [0.15, 0.2) is 24.3 Å². The smallest absolute Gasteiger partial charge is 0.228 e. The molecule has 0 bridgehead atoms. The maximum absolute atomic E-state index is 13.3. The van der Waals surface area contributed by atoms with E-state index in [4.69, 9.17) is 4.74 Å². The Kier molecular flexibility index (Phi) is 3.70. The molecule has 25 heavy (non-hydrogen) atoms. The summed E-state index contributed by atoms with van der Waals surface area (Å²) in [6.07, 6.45) is 9.87. The van der Waals surface area contributed by atoms with E-state index in [2.05, 4.69) is 36.1 Å². The number of ether oxygens (including phenoxy) is 1. The highest BCUT2D eigenvalue weighted by Gasteiger charge is 2.63. The summed E-state index contributed by atoms with van der Waals surface area (Å²) in [5.74, 6) is 1.42. The fourth-order valence-electron chi connectivity index (χ4n) is 6.07. The van der Waals surface area contributed by atoms with Gasteiger partial charge in [-0.15, -0.1) is 0 Å². The summed E-state index contributed by atoms with van der Waals surface area (Å²) in [5.41, 5.74) is 1.99.